The van der Waals surface area contributed by atoms with Crippen LogP contribution >= 0.6 is 0 Å². The van der Waals surface area contributed by atoms with E-state index in [0.29, 0.717) is 5.69 Å². The van der Waals surface area contributed by atoms with E-state index in [9.17, 15) is 19.7 Å². The Morgan fingerprint density at radius 2 is 1.96 bits per heavy atom. The highest BCUT2D eigenvalue weighted by molar-refractivity contribution is 5.89. The van der Waals surface area contributed by atoms with Crippen LogP contribution in [0.1, 0.15) is 40.5 Å². The zero-order chi connectivity index (χ0) is 20.7. The Labute approximate surface area is 163 Å². The SMILES string of the molecule is CC1(C)CC(NC(=O)CN2CC(=O)Oc3cc([N+](=O)[O-])ccc32)CC(C)(C)N1. The number of nitrogens with one attached hydrogen (secondary N) is 2. The molecule has 28 heavy (non-hydrogen) atoms. The van der Waals surface area contributed by atoms with Crippen LogP contribution < -0.4 is 20.3 Å². The molecule has 152 valence electrons. The van der Waals surface area contributed by atoms with Gasteiger partial charge in [0.1, 0.15) is 6.54 Å². The smallest absolute Gasteiger partial charge is 0.331 e. The van der Waals surface area contributed by atoms with Gasteiger partial charge in [-0.3, -0.25) is 14.9 Å². The number of nitro groups is 1. The van der Waals surface area contributed by atoms with Crippen molar-refractivity contribution in [3.8, 4) is 5.75 Å². The summed E-state index contributed by atoms with van der Waals surface area (Å²) in [7, 11) is 0. The summed E-state index contributed by atoms with van der Waals surface area (Å²) in [6.07, 6.45) is 1.60. The molecule has 0 aromatic heterocycles. The third-order valence-corrected chi connectivity index (χ3v) is 4.93. The fourth-order valence-corrected chi connectivity index (χ4v) is 4.37. The van der Waals surface area contributed by atoms with E-state index in [2.05, 4.69) is 38.3 Å². The normalized spacial score (nSPS) is 20.9. The van der Waals surface area contributed by atoms with Crippen LogP contribution in [0.15, 0.2) is 18.2 Å². The molecule has 2 aliphatic heterocycles. The van der Waals surface area contributed by atoms with Gasteiger partial charge in [0.05, 0.1) is 23.2 Å². The zero-order valence-electron chi connectivity index (χ0n) is 16.6. The molecular formula is C19H26N4O5. The van der Waals surface area contributed by atoms with Gasteiger partial charge in [-0.25, -0.2) is 4.79 Å². The van der Waals surface area contributed by atoms with Crippen LogP contribution in [0.3, 0.4) is 0 Å². The van der Waals surface area contributed by atoms with E-state index in [1.165, 1.54) is 18.2 Å². The second kappa shape index (κ2) is 7.05. The minimum atomic E-state index is -0.555. The number of nitro benzene ring substituents is 1. The molecule has 0 unspecified atom stereocenters. The summed E-state index contributed by atoms with van der Waals surface area (Å²) in [4.78, 5) is 36.5. The van der Waals surface area contributed by atoms with Crippen LogP contribution in [-0.4, -0.2) is 47.0 Å². The first-order chi connectivity index (χ1) is 12.9. The number of piperidine rings is 1. The van der Waals surface area contributed by atoms with Gasteiger partial charge < -0.3 is 20.3 Å². The molecule has 9 nitrogen and oxygen atoms in total. The number of nitrogens with zero attached hydrogens (tertiary/aromatic N) is 2. The molecule has 2 aliphatic rings. The average molecular weight is 390 g/mol. The molecule has 1 amide bonds. The van der Waals surface area contributed by atoms with E-state index >= 15 is 0 Å². The van der Waals surface area contributed by atoms with Gasteiger partial charge in [0.15, 0.2) is 5.75 Å². The predicted octanol–water partition coefficient (Wildman–Crippen LogP) is 1.75. The second-order valence-electron chi connectivity index (χ2n) is 8.80. The topological polar surface area (TPSA) is 114 Å². The number of fused-ring (bicyclic) bond motifs is 1. The molecule has 0 atom stereocenters. The van der Waals surface area contributed by atoms with E-state index in [4.69, 9.17) is 4.74 Å². The number of carbonyl (C=O) groups excluding carboxylic acids is 2. The van der Waals surface area contributed by atoms with Crippen molar-refractivity contribution in [3.63, 3.8) is 0 Å². The number of rotatable bonds is 4. The van der Waals surface area contributed by atoms with Gasteiger partial charge in [0, 0.05) is 23.2 Å². The number of amides is 1. The van der Waals surface area contributed by atoms with Crippen molar-refractivity contribution in [1.29, 1.82) is 0 Å². The standard InChI is InChI=1S/C19H26N4O5/c1-18(2)8-12(9-19(3,4)21-18)20-16(24)10-22-11-17(25)28-15-7-13(23(26)27)5-6-14(15)22/h5-7,12,21H,8-11H2,1-4H3,(H,20,24). The van der Waals surface area contributed by atoms with Crippen molar-refractivity contribution >= 4 is 23.3 Å². The van der Waals surface area contributed by atoms with Crippen LogP contribution in [0.4, 0.5) is 11.4 Å². The van der Waals surface area contributed by atoms with Crippen LogP contribution in [0.5, 0.6) is 5.75 Å². The summed E-state index contributed by atoms with van der Waals surface area (Å²) >= 11 is 0. The Morgan fingerprint density at radius 1 is 1.32 bits per heavy atom. The zero-order valence-corrected chi connectivity index (χ0v) is 16.6. The van der Waals surface area contributed by atoms with Gasteiger partial charge in [-0.05, 0) is 46.6 Å². The van der Waals surface area contributed by atoms with Crippen LogP contribution in [0.25, 0.3) is 0 Å². The fraction of sp³-hybridized carbons (Fsp3) is 0.579. The Hall–Kier alpha value is -2.68. The number of carbonyl (C=O) groups is 2. The quantitative estimate of drug-likeness (QED) is 0.348. The maximum absolute atomic E-state index is 12.7. The molecule has 1 fully saturated rings. The molecule has 0 bridgehead atoms. The molecule has 2 heterocycles. The molecule has 0 aliphatic carbocycles. The highest BCUT2D eigenvalue weighted by Gasteiger charge is 2.38. The third kappa shape index (κ3) is 4.59. The lowest BCUT2D eigenvalue weighted by atomic mass is 9.79. The molecule has 1 aromatic rings. The van der Waals surface area contributed by atoms with Crippen molar-refractivity contribution in [2.75, 3.05) is 18.0 Å². The Morgan fingerprint density at radius 3 is 2.57 bits per heavy atom. The average Bonchev–Trinajstić information content (AvgIpc) is 2.50. The lowest BCUT2D eigenvalue weighted by Crippen LogP contribution is -2.62. The van der Waals surface area contributed by atoms with E-state index in [-0.39, 0.29) is 47.6 Å². The minimum absolute atomic E-state index is 0.0202. The Bertz CT molecular complexity index is 805. The number of benzene rings is 1. The first kappa shape index (κ1) is 20.1. The number of non-ortho nitro benzene ring substituents is 1. The van der Waals surface area contributed by atoms with E-state index in [1.807, 2.05) is 0 Å². The Balaban J connectivity index is 1.71. The van der Waals surface area contributed by atoms with Crippen LogP contribution in [-0.2, 0) is 9.59 Å². The largest absolute Gasteiger partial charge is 0.423 e. The highest BCUT2D eigenvalue weighted by Crippen LogP contribution is 2.35. The number of ether oxygens (including phenoxy) is 1. The fourth-order valence-electron chi connectivity index (χ4n) is 4.37. The first-order valence-corrected chi connectivity index (χ1v) is 9.27. The van der Waals surface area contributed by atoms with E-state index in [1.54, 1.807) is 4.90 Å². The van der Waals surface area contributed by atoms with Crippen LogP contribution in [0.2, 0.25) is 0 Å². The molecule has 0 saturated carbocycles. The lowest BCUT2D eigenvalue weighted by Gasteiger charge is -2.46. The number of hydrogen-bond acceptors (Lipinski definition) is 7. The highest BCUT2D eigenvalue weighted by atomic mass is 16.6. The molecule has 2 N–H and O–H groups in total. The van der Waals surface area contributed by atoms with Gasteiger partial charge in [-0.15, -0.1) is 0 Å². The summed E-state index contributed by atoms with van der Waals surface area (Å²) in [5.41, 5.74) is 0.128. The third-order valence-electron chi connectivity index (χ3n) is 4.93. The van der Waals surface area contributed by atoms with Gasteiger partial charge in [0.25, 0.3) is 5.69 Å². The summed E-state index contributed by atoms with van der Waals surface area (Å²) in [5.74, 6) is -0.648. The maximum Gasteiger partial charge on any atom is 0.331 e. The van der Waals surface area contributed by atoms with Crippen molar-refractivity contribution in [2.45, 2.75) is 57.7 Å². The van der Waals surface area contributed by atoms with Crippen molar-refractivity contribution in [1.82, 2.24) is 10.6 Å². The summed E-state index contributed by atoms with van der Waals surface area (Å²) in [6, 6.07) is 4.06. The summed E-state index contributed by atoms with van der Waals surface area (Å²) < 4.78 is 5.11. The summed E-state index contributed by atoms with van der Waals surface area (Å²) in [6.45, 7) is 8.33. The molecule has 3 rings (SSSR count). The predicted molar refractivity (Wildman–Crippen MR) is 103 cm³/mol. The van der Waals surface area contributed by atoms with Crippen molar-refractivity contribution in [2.24, 2.45) is 0 Å². The van der Waals surface area contributed by atoms with E-state index in [0.717, 1.165) is 12.8 Å². The van der Waals surface area contributed by atoms with Crippen molar-refractivity contribution in [3.05, 3.63) is 28.3 Å². The molecule has 0 radical (unpaired) electrons. The van der Waals surface area contributed by atoms with Gasteiger partial charge in [-0.2, -0.15) is 0 Å². The monoisotopic (exact) mass is 390 g/mol. The minimum Gasteiger partial charge on any atom is -0.423 e. The summed E-state index contributed by atoms with van der Waals surface area (Å²) in [5, 5.41) is 17.6. The van der Waals surface area contributed by atoms with E-state index < -0.39 is 10.9 Å². The molecule has 1 aromatic carbocycles. The van der Waals surface area contributed by atoms with Crippen LogP contribution in [0, 0.1) is 10.1 Å². The second-order valence-corrected chi connectivity index (χ2v) is 8.80. The number of hydrogen-bond donors (Lipinski definition) is 2. The van der Waals surface area contributed by atoms with Gasteiger partial charge in [-0.1, -0.05) is 0 Å². The molecule has 9 heteroatoms. The molecule has 1 saturated heterocycles. The van der Waals surface area contributed by atoms with Gasteiger partial charge in [0.2, 0.25) is 5.91 Å². The Kier molecular flexibility index (Phi) is 5.05. The molecule has 0 spiro atoms. The molecular weight excluding hydrogens is 364 g/mol. The van der Waals surface area contributed by atoms with Crippen molar-refractivity contribution < 1.29 is 19.2 Å². The van der Waals surface area contributed by atoms with Gasteiger partial charge >= 0.3 is 5.97 Å². The number of esters is 1. The first-order valence-electron chi connectivity index (χ1n) is 9.27. The maximum atomic E-state index is 12.7. The number of anilines is 1. The lowest BCUT2D eigenvalue weighted by molar-refractivity contribution is -0.384.